The predicted octanol–water partition coefficient (Wildman–Crippen LogP) is 5.05. The Morgan fingerprint density at radius 1 is 1.24 bits per heavy atom. The molecule has 2 aromatic rings. The van der Waals surface area contributed by atoms with E-state index in [0.717, 1.165) is 5.56 Å². The Hall–Kier alpha value is -1.20. The summed E-state index contributed by atoms with van der Waals surface area (Å²) in [4.78, 5) is 11.6. The molecule has 2 nitrogen and oxygen atoms in total. The van der Waals surface area contributed by atoms with Crippen LogP contribution in [0, 0.1) is 12.7 Å². The Balaban J connectivity index is 2.11. The standard InChI is InChI=1S/C16H13Br2FO2/c1-10-6-11(15(20)8-17)3-5-16(10)21-9-12-2-4-13(18)7-14(12)19/h2-7H,8-9H2,1H3. The lowest BCUT2D eigenvalue weighted by molar-refractivity contribution is 0.102. The van der Waals surface area contributed by atoms with E-state index in [0.29, 0.717) is 21.3 Å². The fourth-order valence-electron chi connectivity index (χ4n) is 1.86. The van der Waals surface area contributed by atoms with Gasteiger partial charge in [0, 0.05) is 15.6 Å². The highest BCUT2D eigenvalue weighted by molar-refractivity contribution is 9.10. The van der Waals surface area contributed by atoms with Crippen molar-refractivity contribution in [3.05, 3.63) is 63.4 Å². The first-order valence-corrected chi connectivity index (χ1v) is 8.19. The molecule has 0 heterocycles. The fraction of sp³-hybridized carbons (Fsp3) is 0.188. The number of carbonyl (C=O) groups is 1. The summed E-state index contributed by atoms with van der Waals surface area (Å²) < 4.78 is 20.0. The van der Waals surface area contributed by atoms with Crippen LogP contribution in [0.3, 0.4) is 0 Å². The normalized spacial score (nSPS) is 10.5. The van der Waals surface area contributed by atoms with Gasteiger partial charge in [0.2, 0.25) is 0 Å². The molecular weight excluding hydrogens is 403 g/mol. The third-order valence-electron chi connectivity index (χ3n) is 3.02. The monoisotopic (exact) mass is 414 g/mol. The van der Waals surface area contributed by atoms with Crippen LogP contribution in [0.15, 0.2) is 40.9 Å². The van der Waals surface area contributed by atoms with Crippen LogP contribution in [-0.4, -0.2) is 11.1 Å². The van der Waals surface area contributed by atoms with Gasteiger partial charge in [-0.25, -0.2) is 4.39 Å². The third-order valence-corrected chi connectivity index (χ3v) is 4.02. The van der Waals surface area contributed by atoms with Crippen LogP contribution < -0.4 is 4.74 Å². The van der Waals surface area contributed by atoms with Gasteiger partial charge in [0.15, 0.2) is 5.78 Å². The molecule has 0 N–H and O–H groups in total. The quantitative estimate of drug-likeness (QED) is 0.504. The van der Waals surface area contributed by atoms with Gasteiger partial charge < -0.3 is 4.74 Å². The lowest BCUT2D eigenvalue weighted by Gasteiger charge is -2.11. The summed E-state index contributed by atoms with van der Waals surface area (Å²) in [6.07, 6.45) is 0. The van der Waals surface area contributed by atoms with Crippen molar-refractivity contribution in [1.82, 2.24) is 0 Å². The molecule has 0 aliphatic rings. The van der Waals surface area contributed by atoms with Gasteiger partial charge in [0.05, 0.1) is 5.33 Å². The molecule has 0 aromatic heterocycles. The first-order chi connectivity index (χ1) is 10.0. The highest BCUT2D eigenvalue weighted by Gasteiger charge is 2.09. The van der Waals surface area contributed by atoms with Crippen molar-refractivity contribution < 1.29 is 13.9 Å². The molecule has 0 saturated heterocycles. The van der Waals surface area contributed by atoms with E-state index in [4.69, 9.17) is 4.74 Å². The van der Waals surface area contributed by atoms with E-state index in [1.807, 2.05) is 6.92 Å². The van der Waals surface area contributed by atoms with Crippen molar-refractivity contribution in [1.29, 1.82) is 0 Å². The molecule has 0 aliphatic heterocycles. The SMILES string of the molecule is Cc1cc(C(=O)CBr)ccc1OCc1ccc(Br)cc1F. The average Bonchev–Trinajstić information content (AvgIpc) is 2.46. The van der Waals surface area contributed by atoms with E-state index >= 15 is 0 Å². The minimum absolute atomic E-state index is 0.0172. The number of hydrogen-bond acceptors (Lipinski definition) is 2. The molecule has 0 radical (unpaired) electrons. The lowest BCUT2D eigenvalue weighted by atomic mass is 10.1. The van der Waals surface area contributed by atoms with Crippen molar-refractivity contribution in [2.24, 2.45) is 0 Å². The number of ether oxygens (including phenoxy) is 1. The number of ketones is 1. The second kappa shape index (κ2) is 7.18. The van der Waals surface area contributed by atoms with Gasteiger partial charge in [0.1, 0.15) is 18.2 Å². The lowest BCUT2D eigenvalue weighted by Crippen LogP contribution is -2.03. The summed E-state index contributed by atoms with van der Waals surface area (Å²) in [7, 11) is 0. The highest BCUT2D eigenvalue weighted by Crippen LogP contribution is 2.22. The molecular formula is C16H13Br2FO2. The van der Waals surface area contributed by atoms with E-state index in [9.17, 15) is 9.18 Å². The number of hydrogen-bond donors (Lipinski definition) is 0. The predicted molar refractivity (Wildman–Crippen MR) is 87.7 cm³/mol. The maximum absolute atomic E-state index is 13.7. The number of carbonyl (C=O) groups excluding carboxylic acids is 1. The number of aryl methyl sites for hydroxylation is 1. The van der Waals surface area contributed by atoms with Gasteiger partial charge in [-0.05, 0) is 42.8 Å². The van der Waals surface area contributed by atoms with E-state index < -0.39 is 0 Å². The van der Waals surface area contributed by atoms with Crippen LogP contribution in [-0.2, 0) is 6.61 Å². The molecule has 2 aromatic carbocycles. The third kappa shape index (κ3) is 4.14. The maximum Gasteiger partial charge on any atom is 0.173 e. The molecule has 0 amide bonds. The van der Waals surface area contributed by atoms with Crippen LogP contribution in [0.2, 0.25) is 0 Å². The zero-order chi connectivity index (χ0) is 15.4. The Bertz CT molecular complexity index is 671. The Labute approximate surface area is 139 Å². The second-order valence-electron chi connectivity index (χ2n) is 4.56. The molecule has 5 heteroatoms. The number of rotatable bonds is 5. The molecule has 0 saturated carbocycles. The molecule has 0 fully saturated rings. The minimum Gasteiger partial charge on any atom is -0.489 e. The van der Waals surface area contributed by atoms with Gasteiger partial charge in [-0.1, -0.05) is 37.9 Å². The van der Waals surface area contributed by atoms with Gasteiger partial charge in [-0.3, -0.25) is 4.79 Å². The zero-order valence-corrected chi connectivity index (χ0v) is 14.5. The Morgan fingerprint density at radius 3 is 2.62 bits per heavy atom. The largest absolute Gasteiger partial charge is 0.489 e. The van der Waals surface area contributed by atoms with Crippen LogP contribution in [0.25, 0.3) is 0 Å². The molecule has 21 heavy (non-hydrogen) atoms. The number of halogens is 3. The minimum atomic E-state index is -0.312. The van der Waals surface area contributed by atoms with Gasteiger partial charge in [-0.2, -0.15) is 0 Å². The summed E-state index contributed by atoms with van der Waals surface area (Å²) in [5, 5.41) is 0.288. The molecule has 0 bridgehead atoms. The summed E-state index contributed by atoms with van der Waals surface area (Å²) in [6, 6.07) is 10.1. The number of alkyl halides is 1. The number of Topliss-reactive ketones (excluding diaryl/α,β-unsaturated/α-hetero) is 1. The van der Waals surface area contributed by atoms with Crippen LogP contribution in [0.1, 0.15) is 21.5 Å². The Morgan fingerprint density at radius 2 is 2.00 bits per heavy atom. The van der Waals surface area contributed by atoms with Gasteiger partial charge >= 0.3 is 0 Å². The smallest absolute Gasteiger partial charge is 0.173 e. The topological polar surface area (TPSA) is 26.3 Å². The van der Waals surface area contributed by atoms with Crippen LogP contribution in [0.4, 0.5) is 4.39 Å². The van der Waals surface area contributed by atoms with E-state index in [2.05, 4.69) is 31.9 Å². The van der Waals surface area contributed by atoms with Crippen LogP contribution in [0.5, 0.6) is 5.75 Å². The first-order valence-electron chi connectivity index (χ1n) is 6.28. The van der Waals surface area contributed by atoms with E-state index in [1.54, 1.807) is 30.3 Å². The second-order valence-corrected chi connectivity index (χ2v) is 6.04. The molecule has 2 rings (SSSR count). The van der Waals surface area contributed by atoms with Crippen molar-refractivity contribution in [2.45, 2.75) is 13.5 Å². The van der Waals surface area contributed by atoms with Crippen molar-refractivity contribution in [2.75, 3.05) is 5.33 Å². The fourth-order valence-corrected chi connectivity index (χ4v) is 2.51. The van der Waals surface area contributed by atoms with Gasteiger partial charge in [-0.15, -0.1) is 0 Å². The molecule has 0 unspecified atom stereocenters. The maximum atomic E-state index is 13.7. The Kier molecular flexibility index (Phi) is 5.53. The molecule has 0 atom stereocenters. The van der Waals surface area contributed by atoms with Crippen molar-refractivity contribution in [3.63, 3.8) is 0 Å². The summed E-state index contributed by atoms with van der Waals surface area (Å²) in [5.41, 5.74) is 1.96. The first kappa shape index (κ1) is 16.2. The number of benzene rings is 2. The van der Waals surface area contributed by atoms with E-state index in [-0.39, 0.29) is 23.5 Å². The van der Waals surface area contributed by atoms with Crippen LogP contribution >= 0.6 is 31.9 Å². The molecule has 0 spiro atoms. The summed E-state index contributed by atoms with van der Waals surface area (Å²) in [5.74, 6) is 0.347. The van der Waals surface area contributed by atoms with Crippen molar-refractivity contribution >= 4 is 37.6 Å². The summed E-state index contributed by atoms with van der Waals surface area (Å²) in [6.45, 7) is 2.00. The highest BCUT2D eigenvalue weighted by atomic mass is 79.9. The van der Waals surface area contributed by atoms with E-state index in [1.165, 1.54) is 6.07 Å². The summed E-state index contributed by atoms with van der Waals surface area (Å²) >= 11 is 6.36. The van der Waals surface area contributed by atoms with Crippen molar-refractivity contribution in [3.8, 4) is 5.75 Å². The van der Waals surface area contributed by atoms with Gasteiger partial charge in [0.25, 0.3) is 0 Å². The molecule has 110 valence electrons. The molecule has 0 aliphatic carbocycles. The average molecular weight is 416 g/mol. The zero-order valence-electron chi connectivity index (χ0n) is 11.3.